The van der Waals surface area contributed by atoms with Crippen LogP contribution in [0.1, 0.15) is 168 Å². The van der Waals surface area contributed by atoms with Gasteiger partial charge in [0.15, 0.2) is 0 Å². The van der Waals surface area contributed by atoms with Crippen LogP contribution in [0.2, 0.25) is 0 Å². The lowest BCUT2D eigenvalue weighted by molar-refractivity contribution is -0.849. The maximum absolute atomic E-state index is 8.70. The van der Waals surface area contributed by atoms with Crippen LogP contribution in [0.15, 0.2) is 0 Å². The molecule has 0 saturated carbocycles. The summed E-state index contributed by atoms with van der Waals surface area (Å²) < 4.78 is 1.00. The number of nitrogens with two attached hydrogens (primary N) is 2. The third-order valence-corrected chi connectivity index (χ3v) is 6.12. The van der Waals surface area contributed by atoms with Crippen molar-refractivity contribution in [3.63, 3.8) is 0 Å². The van der Waals surface area contributed by atoms with E-state index >= 15 is 0 Å². The zero-order valence-electron chi connectivity index (χ0n) is 27.7. The molecule has 0 atom stereocenters. The van der Waals surface area contributed by atoms with Crippen LogP contribution in [0.25, 0.3) is 0 Å². The van der Waals surface area contributed by atoms with E-state index in [1.807, 2.05) is 0 Å². The molecule has 0 rings (SSSR count). The van der Waals surface area contributed by atoms with Crippen LogP contribution in [0.5, 0.6) is 0 Å². The van der Waals surface area contributed by atoms with Crippen molar-refractivity contribution in [2.75, 3.05) is 41.3 Å². The predicted molar refractivity (Wildman–Crippen MR) is 176 cm³/mol. The van der Waals surface area contributed by atoms with E-state index in [-0.39, 0.29) is 0 Å². The van der Waals surface area contributed by atoms with E-state index in [4.69, 9.17) is 26.1 Å². The van der Waals surface area contributed by atoms with Gasteiger partial charge in [-0.25, -0.2) is 0 Å². The smallest absolute Gasteiger partial charge is 0.0755 e. The molecule has 0 aliphatic carbocycles. The Balaban J connectivity index is -0.000000240. The van der Waals surface area contributed by atoms with Crippen molar-refractivity contribution in [2.45, 2.75) is 168 Å². The van der Waals surface area contributed by atoms with Crippen molar-refractivity contribution in [1.82, 2.24) is 0 Å². The first-order valence-electron chi connectivity index (χ1n) is 16.6. The second kappa shape index (κ2) is 42.7. The molecule has 0 unspecified atom stereocenters. The highest BCUT2D eigenvalue weighted by molar-refractivity contribution is 7.36. The predicted octanol–water partition coefficient (Wildman–Crippen LogP) is 8.17. The van der Waals surface area contributed by atoms with Crippen LogP contribution < -0.4 is 16.4 Å². The van der Waals surface area contributed by atoms with Gasteiger partial charge in [-0.05, 0) is 25.9 Å². The van der Waals surface area contributed by atoms with Crippen molar-refractivity contribution in [2.24, 2.45) is 11.5 Å². The fourth-order valence-electron chi connectivity index (χ4n) is 3.97. The lowest BCUT2D eigenvalue weighted by Crippen LogP contribution is -2.27. The minimum Gasteiger partial charge on any atom is -0.786 e. The Hall–Kier alpha value is 0.190. The average molecular weight is 582 g/mol. The van der Waals surface area contributed by atoms with E-state index < -0.39 is 8.60 Å². The topological polar surface area (TPSA) is 116 Å². The van der Waals surface area contributed by atoms with Gasteiger partial charge < -0.3 is 30.6 Å². The summed E-state index contributed by atoms with van der Waals surface area (Å²) in [4.78, 5) is 22.9. The average Bonchev–Trinajstić information content (AvgIpc) is 2.85. The lowest BCUT2D eigenvalue weighted by Gasteiger charge is -2.14. The zero-order valence-corrected chi connectivity index (χ0v) is 28.6. The quantitative estimate of drug-likeness (QED) is 0.0521. The molecule has 0 aromatic heterocycles. The lowest BCUT2D eigenvalue weighted by atomic mass is 10.1. The summed E-state index contributed by atoms with van der Waals surface area (Å²) in [7, 11) is 5.63. The maximum atomic E-state index is 8.70. The minimum absolute atomic E-state index is 0.872. The number of rotatable bonds is 24. The summed E-state index contributed by atoms with van der Waals surface area (Å²) in [6.07, 6.45) is 33.8. The van der Waals surface area contributed by atoms with Crippen molar-refractivity contribution in [3.05, 3.63) is 0 Å². The van der Waals surface area contributed by atoms with Gasteiger partial charge in [0.25, 0.3) is 0 Å². The third kappa shape index (κ3) is 85.5. The van der Waals surface area contributed by atoms with Crippen molar-refractivity contribution >= 4 is 8.60 Å². The number of unbranched alkanes of at least 4 members (excludes halogenated alkanes) is 22. The van der Waals surface area contributed by atoms with Crippen LogP contribution in [0.3, 0.4) is 0 Å². The second-order valence-corrected chi connectivity index (χ2v) is 12.8. The normalized spacial score (nSPS) is 10.8. The van der Waals surface area contributed by atoms with Gasteiger partial charge in [-0.15, -0.1) is 0 Å². The molecule has 6 N–H and O–H groups in total. The van der Waals surface area contributed by atoms with E-state index in [1.54, 1.807) is 0 Å². The highest BCUT2D eigenvalue weighted by Crippen LogP contribution is 2.12. The number of hydrogen-bond acceptors (Lipinski definition) is 5. The van der Waals surface area contributed by atoms with E-state index in [0.29, 0.717) is 0 Å². The van der Waals surface area contributed by atoms with Crippen molar-refractivity contribution in [3.8, 4) is 0 Å². The van der Waals surface area contributed by atoms with Gasteiger partial charge >= 0.3 is 0 Å². The summed E-state index contributed by atoms with van der Waals surface area (Å²) in [5.41, 5.74) is 10.9. The molecule has 0 spiro atoms. The van der Waals surface area contributed by atoms with Gasteiger partial charge in [0, 0.05) is 0 Å². The SMILES string of the molecule is CCCCCCCCCCCCCCN.CCCCCCCCCCCCCCN.C[N+](C)(C)C.[O-]P(O)O. The highest BCUT2D eigenvalue weighted by atomic mass is 31.2. The molecule has 0 fully saturated rings. The van der Waals surface area contributed by atoms with Crippen molar-refractivity contribution in [1.29, 1.82) is 0 Å². The summed E-state index contributed by atoms with van der Waals surface area (Å²) in [6.45, 7) is 6.30. The second-order valence-electron chi connectivity index (χ2n) is 12.3. The van der Waals surface area contributed by atoms with Crippen LogP contribution in [-0.4, -0.2) is 55.6 Å². The van der Waals surface area contributed by atoms with Gasteiger partial charge in [-0.1, -0.05) is 155 Å². The first-order valence-corrected chi connectivity index (χ1v) is 17.8. The van der Waals surface area contributed by atoms with Crippen LogP contribution >= 0.6 is 8.60 Å². The standard InChI is InChI=1S/2C14H31N.C4H12N.H2O3P/c2*1-2-3-4-5-6-7-8-9-10-11-12-13-14-15;1-5(2,3)4;1-4(2)3/h2*2-15H2,1H3;1-4H3;1-2H/q;;+1;-1. The molecular weight excluding hydrogens is 505 g/mol. The molecule has 0 aliphatic heterocycles. The molecule has 0 radical (unpaired) electrons. The molecule has 0 aromatic rings. The molecule has 0 heterocycles. The van der Waals surface area contributed by atoms with E-state index in [2.05, 4.69) is 42.0 Å². The first-order chi connectivity index (χ1) is 18.6. The van der Waals surface area contributed by atoms with Crippen molar-refractivity contribution < 1.29 is 19.2 Å². The van der Waals surface area contributed by atoms with Crippen LogP contribution in [0, 0.1) is 0 Å². The molecule has 7 heteroatoms. The van der Waals surface area contributed by atoms with Crippen LogP contribution in [0.4, 0.5) is 0 Å². The Labute approximate surface area is 248 Å². The largest absolute Gasteiger partial charge is 0.786 e. The molecular formula is C32H76N3O3P. The van der Waals surface area contributed by atoms with Gasteiger partial charge in [0.2, 0.25) is 0 Å². The summed E-state index contributed by atoms with van der Waals surface area (Å²) in [6, 6.07) is 0. The van der Waals surface area contributed by atoms with E-state index in [9.17, 15) is 0 Å². The molecule has 0 amide bonds. The number of quaternary nitrogens is 1. The summed E-state index contributed by atoms with van der Waals surface area (Å²) in [5.74, 6) is 0. The van der Waals surface area contributed by atoms with Gasteiger partial charge in [0.05, 0.1) is 36.8 Å². The Morgan fingerprint density at radius 2 is 0.564 bits per heavy atom. The minimum atomic E-state index is -2.87. The monoisotopic (exact) mass is 582 g/mol. The fraction of sp³-hybridized carbons (Fsp3) is 1.00. The van der Waals surface area contributed by atoms with Gasteiger partial charge in [-0.2, -0.15) is 0 Å². The van der Waals surface area contributed by atoms with Gasteiger partial charge in [-0.3, -0.25) is 0 Å². The fourth-order valence-corrected chi connectivity index (χ4v) is 3.97. The summed E-state index contributed by atoms with van der Waals surface area (Å²) in [5, 5.41) is 0. The van der Waals surface area contributed by atoms with Gasteiger partial charge in [0.1, 0.15) is 0 Å². The molecule has 242 valence electrons. The van der Waals surface area contributed by atoms with E-state index in [0.717, 1.165) is 17.6 Å². The van der Waals surface area contributed by atoms with Crippen LogP contribution in [-0.2, 0) is 0 Å². The molecule has 0 aromatic carbocycles. The number of nitrogens with zero attached hydrogens (tertiary/aromatic N) is 1. The number of hydrogen-bond donors (Lipinski definition) is 4. The maximum Gasteiger partial charge on any atom is 0.0755 e. The Bertz CT molecular complexity index is 325. The molecule has 6 nitrogen and oxygen atoms in total. The first kappa shape index (κ1) is 46.2. The molecule has 0 aliphatic rings. The Kier molecular flexibility index (Phi) is 50.5. The third-order valence-electron chi connectivity index (χ3n) is 6.12. The summed E-state index contributed by atoms with van der Waals surface area (Å²) >= 11 is 0. The Morgan fingerprint density at radius 1 is 0.436 bits per heavy atom. The molecule has 0 saturated heterocycles. The molecule has 39 heavy (non-hydrogen) atoms. The Morgan fingerprint density at radius 3 is 0.692 bits per heavy atom. The highest BCUT2D eigenvalue weighted by Gasteiger charge is 1.93. The molecule has 0 bridgehead atoms. The van der Waals surface area contributed by atoms with E-state index in [1.165, 1.54) is 154 Å². The zero-order chi connectivity index (χ0) is 30.5.